The highest BCUT2D eigenvalue weighted by atomic mass is 35.5. The molecule has 3 rings (SSSR count). The fourth-order valence-electron chi connectivity index (χ4n) is 1.96. The third-order valence-corrected chi connectivity index (χ3v) is 3.35. The Balaban J connectivity index is 1.95. The predicted molar refractivity (Wildman–Crippen MR) is 76.9 cm³/mol. The van der Waals surface area contributed by atoms with E-state index in [4.69, 9.17) is 16.3 Å². The minimum Gasteiger partial charge on any atom is -0.432 e. The summed E-state index contributed by atoms with van der Waals surface area (Å²) < 4.78 is 5.55. The highest BCUT2D eigenvalue weighted by Crippen LogP contribution is 2.40. The minimum absolute atomic E-state index is 0.0993. The zero-order valence-corrected chi connectivity index (χ0v) is 12.0. The Morgan fingerprint density at radius 2 is 2.10 bits per heavy atom. The average Bonchev–Trinajstić information content (AvgIpc) is 3.24. The lowest BCUT2D eigenvalue weighted by molar-refractivity contribution is -0.385. The molecule has 1 aromatic heterocycles. The van der Waals surface area contributed by atoms with Crippen molar-refractivity contribution in [2.24, 2.45) is 0 Å². The third-order valence-electron chi connectivity index (χ3n) is 3.16. The lowest BCUT2D eigenvalue weighted by Gasteiger charge is -2.07. The lowest BCUT2D eigenvalue weighted by atomic mass is 10.2. The first-order valence-corrected chi connectivity index (χ1v) is 6.88. The molecule has 0 N–H and O–H groups in total. The van der Waals surface area contributed by atoms with Gasteiger partial charge in [0, 0.05) is 18.1 Å². The van der Waals surface area contributed by atoms with E-state index in [2.05, 4.69) is 9.97 Å². The van der Waals surface area contributed by atoms with Crippen LogP contribution in [0.2, 0.25) is 5.15 Å². The van der Waals surface area contributed by atoms with Crippen molar-refractivity contribution in [3.8, 4) is 11.6 Å². The maximum absolute atomic E-state index is 11.1. The van der Waals surface area contributed by atoms with Gasteiger partial charge in [0.05, 0.1) is 4.92 Å². The van der Waals surface area contributed by atoms with Gasteiger partial charge in [-0.1, -0.05) is 17.7 Å². The van der Waals surface area contributed by atoms with E-state index in [0.717, 1.165) is 18.4 Å². The molecule has 1 aliphatic rings. The molecule has 1 fully saturated rings. The van der Waals surface area contributed by atoms with Crippen LogP contribution in [0.1, 0.15) is 30.1 Å². The van der Waals surface area contributed by atoms with E-state index < -0.39 is 4.92 Å². The highest BCUT2D eigenvalue weighted by molar-refractivity contribution is 6.29. The van der Waals surface area contributed by atoms with Gasteiger partial charge in [-0.05, 0) is 31.4 Å². The first-order valence-electron chi connectivity index (χ1n) is 6.50. The van der Waals surface area contributed by atoms with Crippen LogP contribution >= 0.6 is 11.6 Å². The molecule has 2 aromatic rings. The van der Waals surface area contributed by atoms with Gasteiger partial charge < -0.3 is 4.74 Å². The number of halogens is 1. The van der Waals surface area contributed by atoms with Crippen LogP contribution in [0.4, 0.5) is 5.69 Å². The molecule has 1 heterocycles. The topological polar surface area (TPSA) is 78.2 Å². The monoisotopic (exact) mass is 305 g/mol. The fourth-order valence-corrected chi connectivity index (χ4v) is 2.14. The number of aromatic nitrogens is 2. The maximum Gasteiger partial charge on any atom is 0.311 e. The summed E-state index contributed by atoms with van der Waals surface area (Å²) in [6.45, 7) is 1.78. The molecule has 1 aliphatic carbocycles. The zero-order chi connectivity index (χ0) is 15.0. The molecule has 0 saturated heterocycles. The van der Waals surface area contributed by atoms with Crippen molar-refractivity contribution < 1.29 is 9.66 Å². The molecule has 21 heavy (non-hydrogen) atoms. The van der Waals surface area contributed by atoms with Crippen LogP contribution in [0.15, 0.2) is 24.3 Å². The average molecular weight is 306 g/mol. The number of nitro groups is 1. The number of aryl methyl sites for hydroxylation is 1. The van der Waals surface area contributed by atoms with Gasteiger partial charge in [0.15, 0.2) is 0 Å². The number of rotatable bonds is 4. The van der Waals surface area contributed by atoms with E-state index in [1.165, 1.54) is 12.1 Å². The van der Waals surface area contributed by atoms with Crippen LogP contribution in [0.25, 0.3) is 0 Å². The van der Waals surface area contributed by atoms with Gasteiger partial charge in [-0.25, -0.2) is 4.98 Å². The Morgan fingerprint density at radius 1 is 1.33 bits per heavy atom. The summed E-state index contributed by atoms with van der Waals surface area (Å²) in [5.74, 6) is 1.32. The van der Waals surface area contributed by atoms with Crippen molar-refractivity contribution in [2.45, 2.75) is 25.7 Å². The number of ether oxygens (including phenoxy) is 1. The van der Waals surface area contributed by atoms with Crippen molar-refractivity contribution >= 4 is 17.3 Å². The van der Waals surface area contributed by atoms with E-state index >= 15 is 0 Å². The summed E-state index contributed by atoms with van der Waals surface area (Å²) in [6, 6.07) is 6.21. The van der Waals surface area contributed by atoms with Crippen molar-refractivity contribution in [1.82, 2.24) is 9.97 Å². The molecule has 0 amide bonds. The second-order valence-corrected chi connectivity index (χ2v) is 5.38. The zero-order valence-electron chi connectivity index (χ0n) is 11.2. The largest absolute Gasteiger partial charge is 0.432 e. The van der Waals surface area contributed by atoms with Crippen molar-refractivity contribution in [1.29, 1.82) is 0 Å². The molecule has 1 saturated carbocycles. The molecule has 6 nitrogen and oxygen atoms in total. The van der Waals surface area contributed by atoms with E-state index in [0.29, 0.717) is 11.7 Å². The third kappa shape index (κ3) is 3.11. The predicted octanol–water partition coefficient (Wildman–Crippen LogP) is 4.02. The van der Waals surface area contributed by atoms with Gasteiger partial charge in [-0.3, -0.25) is 10.1 Å². The Morgan fingerprint density at radius 3 is 2.76 bits per heavy atom. The second-order valence-electron chi connectivity index (χ2n) is 4.99. The number of hydrogen-bond acceptors (Lipinski definition) is 5. The van der Waals surface area contributed by atoms with Crippen LogP contribution in [0, 0.1) is 17.0 Å². The van der Waals surface area contributed by atoms with Gasteiger partial charge in [0.1, 0.15) is 11.0 Å². The molecular formula is C14H12ClN3O3. The van der Waals surface area contributed by atoms with Crippen LogP contribution in [-0.2, 0) is 0 Å². The molecule has 0 spiro atoms. The van der Waals surface area contributed by atoms with Gasteiger partial charge >= 0.3 is 5.69 Å². The van der Waals surface area contributed by atoms with Crippen LogP contribution in [0.5, 0.6) is 11.6 Å². The molecule has 0 atom stereocenters. The smallest absolute Gasteiger partial charge is 0.311 e. The number of benzene rings is 1. The van der Waals surface area contributed by atoms with Crippen LogP contribution in [-0.4, -0.2) is 14.9 Å². The first kappa shape index (κ1) is 13.8. The fraction of sp³-hybridized carbons (Fsp3) is 0.286. The van der Waals surface area contributed by atoms with Crippen LogP contribution < -0.4 is 4.74 Å². The molecule has 0 unspecified atom stereocenters. The Hall–Kier alpha value is -2.21. The second kappa shape index (κ2) is 5.29. The summed E-state index contributed by atoms with van der Waals surface area (Å²) in [4.78, 5) is 19.0. The van der Waals surface area contributed by atoms with E-state index in [-0.39, 0.29) is 22.5 Å². The summed E-state index contributed by atoms with van der Waals surface area (Å²) in [6.07, 6.45) is 2.06. The minimum atomic E-state index is -0.479. The molecule has 1 aromatic carbocycles. The number of hydrogen-bond donors (Lipinski definition) is 0. The summed E-state index contributed by atoms with van der Waals surface area (Å²) in [7, 11) is 0. The van der Waals surface area contributed by atoms with Crippen molar-refractivity contribution in [3.05, 3.63) is 50.9 Å². The van der Waals surface area contributed by atoms with Gasteiger partial charge in [0.2, 0.25) is 11.6 Å². The lowest BCUT2D eigenvalue weighted by Crippen LogP contribution is -1.98. The quantitative estimate of drug-likeness (QED) is 0.484. The Bertz CT molecular complexity index is 717. The summed E-state index contributed by atoms with van der Waals surface area (Å²) >= 11 is 5.95. The number of nitro benzene ring substituents is 1. The van der Waals surface area contributed by atoms with E-state index in [1.807, 2.05) is 0 Å². The van der Waals surface area contributed by atoms with Crippen LogP contribution in [0.3, 0.4) is 0 Å². The van der Waals surface area contributed by atoms with Crippen molar-refractivity contribution in [3.63, 3.8) is 0 Å². The van der Waals surface area contributed by atoms with Gasteiger partial charge in [-0.15, -0.1) is 0 Å². The van der Waals surface area contributed by atoms with E-state index in [9.17, 15) is 10.1 Å². The standard InChI is InChI=1S/C14H12ClN3O3/c1-8-2-5-11(10(6-8)18(19)20)21-13-7-12(15)16-14(17-13)9-3-4-9/h2,5-7,9H,3-4H2,1H3. The molecule has 7 heteroatoms. The molecular weight excluding hydrogens is 294 g/mol. The van der Waals surface area contributed by atoms with Gasteiger partial charge in [-0.2, -0.15) is 4.98 Å². The molecule has 0 radical (unpaired) electrons. The normalized spacial score (nSPS) is 14.0. The SMILES string of the molecule is Cc1ccc(Oc2cc(Cl)nc(C3CC3)n2)c([N+](=O)[O-])c1. The summed E-state index contributed by atoms with van der Waals surface area (Å²) in [5.41, 5.74) is 0.686. The Kier molecular flexibility index (Phi) is 3.47. The highest BCUT2D eigenvalue weighted by Gasteiger charge is 2.28. The van der Waals surface area contributed by atoms with E-state index in [1.54, 1.807) is 19.1 Å². The molecule has 0 bridgehead atoms. The first-order chi connectivity index (χ1) is 10.0. The molecule has 108 valence electrons. The number of nitrogens with zero attached hydrogens (tertiary/aromatic N) is 3. The van der Waals surface area contributed by atoms with Crippen molar-refractivity contribution in [2.75, 3.05) is 0 Å². The van der Waals surface area contributed by atoms with Gasteiger partial charge in [0.25, 0.3) is 0 Å². The maximum atomic E-state index is 11.1. The molecule has 0 aliphatic heterocycles. The summed E-state index contributed by atoms with van der Waals surface area (Å²) in [5, 5.41) is 11.4. The Labute approximate surface area is 125 Å².